The molecule has 0 unspecified atom stereocenters. The van der Waals surface area contributed by atoms with Gasteiger partial charge in [-0.05, 0) is 0 Å². The number of carbonyl (C=O) groups is 3. The van der Waals surface area contributed by atoms with Crippen LogP contribution in [0.3, 0.4) is 0 Å². The van der Waals surface area contributed by atoms with Crippen LogP contribution in [-0.4, -0.2) is 61.6 Å². The minimum atomic E-state index is -0.627. The van der Waals surface area contributed by atoms with E-state index in [9.17, 15) is 14.4 Å². The summed E-state index contributed by atoms with van der Waals surface area (Å²) in [6.45, 7) is -0.644. The molecule has 0 aliphatic carbocycles. The second-order valence-corrected chi connectivity index (χ2v) is 4.04. The summed E-state index contributed by atoms with van der Waals surface area (Å²) in [4.78, 5) is 34.9. The molecule has 0 aromatic rings. The summed E-state index contributed by atoms with van der Waals surface area (Å²) in [6.07, 6.45) is 0. The molecule has 0 atom stereocenters. The van der Waals surface area contributed by atoms with Gasteiger partial charge >= 0.3 is 11.9 Å². The molecule has 0 saturated heterocycles. The van der Waals surface area contributed by atoms with Crippen LogP contribution in [0.15, 0.2) is 0 Å². The summed E-state index contributed by atoms with van der Waals surface area (Å²) in [7, 11) is 2.38. The van der Waals surface area contributed by atoms with Gasteiger partial charge in [0.15, 0.2) is 0 Å². The van der Waals surface area contributed by atoms with Crippen molar-refractivity contribution in [3.8, 4) is 6.07 Å². The number of methoxy groups -OCH3 is 2. The average Bonchev–Trinajstić information content (AvgIpc) is 2.37. The first-order valence-electron chi connectivity index (χ1n) is 4.91. The highest BCUT2D eigenvalue weighted by Gasteiger charge is 2.20. The second-order valence-electron chi connectivity index (χ2n) is 3.05. The molecule has 0 saturated carbocycles. The molecule has 0 radical (unpaired) electrons. The van der Waals surface area contributed by atoms with E-state index in [2.05, 4.69) is 9.47 Å². The molecule has 0 aliphatic heterocycles. The fraction of sp³-hybridized carbons (Fsp3) is 0.600. The normalized spacial score (nSPS) is 9.17. The van der Waals surface area contributed by atoms with E-state index in [1.54, 1.807) is 0 Å². The standard InChI is InChI=1S/C10H14N2O5S/c1-16-9(14)5-12(6-10(15)17-2)8(13)7-18-4-3-11/h4-7H2,1-2H3. The molecule has 0 aliphatic rings. The Kier molecular flexibility index (Phi) is 8.39. The van der Waals surface area contributed by atoms with Crippen LogP contribution in [0.25, 0.3) is 0 Å². The fourth-order valence-electron chi connectivity index (χ4n) is 0.948. The second kappa shape index (κ2) is 9.30. The zero-order valence-corrected chi connectivity index (χ0v) is 11.0. The van der Waals surface area contributed by atoms with Crippen molar-refractivity contribution in [1.82, 2.24) is 4.90 Å². The Morgan fingerprint density at radius 3 is 2.06 bits per heavy atom. The molecule has 0 aromatic heterocycles. The molecular weight excluding hydrogens is 260 g/mol. The highest BCUT2D eigenvalue weighted by Crippen LogP contribution is 2.02. The molecule has 0 N–H and O–H groups in total. The van der Waals surface area contributed by atoms with E-state index in [-0.39, 0.29) is 24.6 Å². The van der Waals surface area contributed by atoms with Gasteiger partial charge in [-0.25, -0.2) is 0 Å². The summed E-state index contributed by atoms with van der Waals surface area (Å²) in [6, 6.07) is 1.87. The zero-order valence-electron chi connectivity index (χ0n) is 10.2. The lowest BCUT2D eigenvalue weighted by Gasteiger charge is -2.19. The summed E-state index contributed by atoms with van der Waals surface area (Å²) in [5.74, 6) is -1.50. The Morgan fingerprint density at radius 2 is 1.67 bits per heavy atom. The summed E-state index contributed by atoms with van der Waals surface area (Å²) < 4.78 is 8.86. The average molecular weight is 274 g/mol. The topological polar surface area (TPSA) is 96.7 Å². The van der Waals surface area contributed by atoms with E-state index in [1.807, 2.05) is 6.07 Å². The van der Waals surface area contributed by atoms with Gasteiger partial charge in [-0.3, -0.25) is 14.4 Å². The Hall–Kier alpha value is -1.75. The summed E-state index contributed by atoms with van der Waals surface area (Å²) in [5, 5.41) is 8.34. The Bertz CT molecular complexity index is 335. The van der Waals surface area contributed by atoms with Crippen LogP contribution in [0.4, 0.5) is 0 Å². The molecule has 18 heavy (non-hydrogen) atoms. The lowest BCUT2D eigenvalue weighted by atomic mass is 10.4. The number of rotatable bonds is 7. The number of ether oxygens (including phenoxy) is 2. The van der Waals surface area contributed by atoms with Crippen molar-refractivity contribution in [2.75, 3.05) is 38.8 Å². The van der Waals surface area contributed by atoms with Crippen molar-refractivity contribution >= 4 is 29.6 Å². The number of amides is 1. The maximum atomic E-state index is 11.7. The molecule has 0 spiro atoms. The molecule has 1 amide bonds. The molecule has 0 aromatic carbocycles. The van der Waals surface area contributed by atoms with Crippen molar-refractivity contribution in [2.45, 2.75) is 0 Å². The first kappa shape index (κ1) is 16.2. The van der Waals surface area contributed by atoms with E-state index in [4.69, 9.17) is 5.26 Å². The Labute approximate surface area is 109 Å². The lowest BCUT2D eigenvalue weighted by Crippen LogP contribution is -2.41. The third-order valence-corrected chi connectivity index (χ3v) is 2.62. The van der Waals surface area contributed by atoms with E-state index in [1.165, 1.54) is 14.2 Å². The van der Waals surface area contributed by atoms with E-state index < -0.39 is 17.8 Å². The maximum absolute atomic E-state index is 11.7. The van der Waals surface area contributed by atoms with Gasteiger partial charge in [0.2, 0.25) is 5.91 Å². The highest BCUT2D eigenvalue weighted by atomic mass is 32.2. The summed E-state index contributed by atoms with van der Waals surface area (Å²) in [5.41, 5.74) is 0. The SMILES string of the molecule is COC(=O)CN(CC(=O)OC)C(=O)CSCC#N. The van der Waals surface area contributed by atoms with Gasteiger partial charge in [0, 0.05) is 0 Å². The van der Waals surface area contributed by atoms with Crippen molar-refractivity contribution in [3.05, 3.63) is 0 Å². The third kappa shape index (κ3) is 6.75. The molecule has 7 nitrogen and oxygen atoms in total. The van der Waals surface area contributed by atoms with Gasteiger partial charge in [-0.1, -0.05) is 0 Å². The predicted molar refractivity (Wildman–Crippen MR) is 63.6 cm³/mol. The molecule has 100 valence electrons. The van der Waals surface area contributed by atoms with Crippen LogP contribution < -0.4 is 0 Å². The molecule has 8 heteroatoms. The van der Waals surface area contributed by atoms with Gasteiger partial charge in [0.05, 0.1) is 31.8 Å². The van der Waals surface area contributed by atoms with Gasteiger partial charge in [-0.15, -0.1) is 11.8 Å². The van der Waals surface area contributed by atoms with E-state index >= 15 is 0 Å². The molecule has 0 fully saturated rings. The molecule has 0 rings (SSSR count). The largest absolute Gasteiger partial charge is 0.468 e. The van der Waals surface area contributed by atoms with Crippen LogP contribution in [-0.2, 0) is 23.9 Å². The Morgan fingerprint density at radius 1 is 1.17 bits per heavy atom. The van der Waals surface area contributed by atoms with Gasteiger partial charge in [-0.2, -0.15) is 5.26 Å². The van der Waals surface area contributed by atoms with Gasteiger partial charge in [0.1, 0.15) is 13.1 Å². The number of carbonyl (C=O) groups excluding carboxylic acids is 3. The monoisotopic (exact) mass is 274 g/mol. The maximum Gasteiger partial charge on any atom is 0.325 e. The van der Waals surface area contributed by atoms with E-state index in [0.717, 1.165) is 16.7 Å². The van der Waals surface area contributed by atoms with Crippen LogP contribution in [0.2, 0.25) is 0 Å². The summed E-state index contributed by atoms with van der Waals surface area (Å²) >= 11 is 1.10. The van der Waals surface area contributed by atoms with Crippen LogP contribution >= 0.6 is 11.8 Å². The highest BCUT2D eigenvalue weighted by molar-refractivity contribution is 8.00. The number of esters is 2. The lowest BCUT2D eigenvalue weighted by molar-refractivity contribution is -0.151. The minimum absolute atomic E-state index is 0.0154. The Balaban J connectivity index is 4.44. The molecule has 0 heterocycles. The number of hydrogen-bond acceptors (Lipinski definition) is 7. The first-order valence-corrected chi connectivity index (χ1v) is 6.06. The minimum Gasteiger partial charge on any atom is -0.468 e. The zero-order chi connectivity index (χ0) is 14.0. The number of nitriles is 1. The van der Waals surface area contributed by atoms with Crippen molar-refractivity contribution in [3.63, 3.8) is 0 Å². The van der Waals surface area contributed by atoms with Crippen molar-refractivity contribution in [1.29, 1.82) is 5.26 Å². The van der Waals surface area contributed by atoms with Crippen LogP contribution in [0, 0.1) is 11.3 Å². The van der Waals surface area contributed by atoms with E-state index in [0.29, 0.717) is 0 Å². The van der Waals surface area contributed by atoms with Crippen molar-refractivity contribution < 1.29 is 23.9 Å². The predicted octanol–water partition coefficient (Wildman–Crippen LogP) is -0.582. The number of hydrogen-bond donors (Lipinski definition) is 0. The number of nitrogens with zero attached hydrogens (tertiary/aromatic N) is 2. The smallest absolute Gasteiger partial charge is 0.325 e. The molecule has 0 bridgehead atoms. The first-order chi connectivity index (χ1) is 8.54. The molecular formula is C10H14N2O5S. The van der Waals surface area contributed by atoms with Gasteiger partial charge < -0.3 is 14.4 Å². The number of thioether (sulfide) groups is 1. The van der Waals surface area contributed by atoms with Crippen molar-refractivity contribution in [2.24, 2.45) is 0 Å². The quantitative estimate of drug-likeness (QED) is 0.452. The third-order valence-electron chi connectivity index (χ3n) is 1.84. The fourth-order valence-corrected chi connectivity index (χ4v) is 1.50. The van der Waals surface area contributed by atoms with Gasteiger partial charge in [0.25, 0.3) is 0 Å². The van der Waals surface area contributed by atoms with Crippen LogP contribution in [0.1, 0.15) is 0 Å². The van der Waals surface area contributed by atoms with Crippen LogP contribution in [0.5, 0.6) is 0 Å².